The summed E-state index contributed by atoms with van der Waals surface area (Å²) in [5, 5.41) is 0. The summed E-state index contributed by atoms with van der Waals surface area (Å²) in [7, 11) is -11.8. The van der Waals surface area contributed by atoms with Gasteiger partial charge in [-0.25, -0.2) is 0 Å². The van der Waals surface area contributed by atoms with Crippen molar-refractivity contribution < 1.29 is 27.1 Å². The van der Waals surface area contributed by atoms with Crippen molar-refractivity contribution in [2.45, 2.75) is 6.54 Å². The van der Waals surface area contributed by atoms with Crippen molar-refractivity contribution in [3.05, 3.63) is 181 Å². The van der Waals surface area contributed by atoms with E-state index < -0.39 is 23.0 Å². The van der Waals surface area contributed by atoms with Crippen molar-refractivity contribution in [3.8, 4) is 34.5 Å². The standard InChI is InChI=1S/C37H33N4O6P3/c38-30-31-18-16-17-29-37(31)47-50(46-36-27-14-5-15-28-36)40-48(42-32-19-6-1-7-20-32,43-33-21-8-2-9-22-33)39-49(41-50,44-34-23-10-3-11-24-34)45-35-25-12-4-13-26-35/h1-29H,30,38H2. The van der Waals surface area contributed by atoms with Crippen LogP contribution < -0.4 is 32.9 Å². The lowest BCUT2D eigenvalue weighted by Crippen LogP contribution is -2.12. The number of hydrogen-bond acceptors (Lipinski definition) is 10. The van der Waals surface area contributed by atoms with E-state index in [1.54, 1.807) is 66.7 Å². The van der Waals surface area contributed by atoms with E-state index in [2.05, 4.69) is 0 Å². The number of benzene rings is 6. The summed E-state index contributed by atoms with van der Waals surface area (Å²) in [5.74, 6) is 2.65. The molecule has 6 aromatic rings. The molecule has 7 rings (SSSR count). The lowest BCUT2D eigenvalue weighted by molar-refractivity contribution is 0.442. The van der Waals surface area contributed by atoms with Crippen LogP contribution in [0.25, 0.3) is 0 Å². The third-order valence-corrected chi connectivity index (χ3v) is 15.0. The largest absolute Gasteiger partial charge is 0.460 e. The van der Waals surface area contributed by atoms with E-state index in [0.717, 1.165) is 0 Å². The highest BCUT2D eigenvalue weighted by atomic mass is 31.3. The minimum Gasteiger partial charge on any atom is -0.413 e. The van der Waals surface area contributed by atoms with Gasteiger partial charge in [0.25, 0.3) is 0 Å². The molecule has 0 radical (unpaired) electrons. The summed E-state index contributed by atoms with van der Waals surface area (Å²) < 4.78 is 56.4. The monoisotopic (exact) mass is 722 g/mol. The van der Waals surface area contributed by atoms with E-state index in [0.29, 0.717) is 40.1 Å². The average molecular weight is 723 g/mol. The minimum absolute atomic E-state index is 0.189. The first-order valence-corrected chi connectivity index (χ1v) is 20.3. The van der Waals surface area contributed by atoms with Gasteiger partial charge in [-0.3, -0.25) is 0 Å². The summed E-state index contributed by atoms with van der Waals surface area (Å²) in [6.45, 7) is 0.189. The third-order valence-electron chi connectivity index (χ3n) is 6.93. The number of nitrogens with zero attached hydrogens (tertiary/aromatic N) is 3. The highest BCUT2D eigenvalue weighted by Crippen LogP contribution is 2.78. The summed E-state index contributed by atoms with van der Waals surface area (Å²) in [5.41, 5.74) is 6.91. The second-order valence-corrected chi connectivity index (χ2v) is 16.9. The molecule has 6 aromatic carbocycles. The van der Waals surface area contributed by atoms with Gasteiger partial charge in [0.1, 0.15) is 34.5 Å². The Morgan fingerprint density at radius 2 is 0.600 bits per heavy atom. The van der Waals surface area contributed by atoms with Gasteiger partial charge in [0.05, 0.1) is 0 Å². The zero-order valence-corrected chi connectivity index (χ0v) is 29.3. The Morgan fingerprint density at radius 3 is 0.900 bits per heavy atom. The van der Waals surface area contributed by atoms with Crippen molar-refractivity contribution in [2.24, 2.45) is 19.3 Å². The van der Waals surface area contributed by atoms with Crippen LogP contribution in [-0.2, 0) is 6.54 Å². The SMILES string of the molecule is NCc1ccccc1OP1(Oc2ccccc2)=NP(Oc2ccccc2)(Oc2ccccc2)=NP(Oc2ccccc2)(Oc2ccccc2)=N1. The lowest BCUT2D eigenvalue weighted by atomic mass is 10.2. The normalized spacial score (nSPS) is 17.1. The topological polar surface area (TPSA) is 118 Å². The maximum Gasteiger partial charge on any atom is 0.460 e. The van der Waals surface area contributed by atoms with Crippen LogP contribution in [0.15, 0.2) is 189 Å². The van der Waals surface area contributed by atoms with Gasteiger partial charge in [-0.05, 0) is 66.7 Å². The fraction of sp³-hybridized carbons (Fsp3) is 0.0270. The quantitative estimate of drug-likeness (QED) is 0.118. The highest BCUT2D eigenvalue weighted by molar-refractivity contribution is 7.79. The Morgan fingerprint density at radius 1 is 0.340 bits per heavy atom. The van der Waals surface area contributed by atoms with Gasteiger partial charge in [-0.1, -0.05) is 123 Å². The molecule has 0 fully saturated rings. The van der Waals surface area contributed by atoms with Crippen LogP contribution in [0.2, 0.25) is 0 Å². The molecule has 0 spiro atoms. The van der Waals surface area contributed by atoms with E-state index in [1.165, 1.54) is 0 Å². The predicted molar refractivity (Wildman–Crippen MR) is 198 cm³/mol. The van der Waals surface area contributed by atoms with Crippen LogP contribution in [0.4, 0.5) is 0 Å². The van der Waals surface area contributed by atoms with E-state index >= 15 is 0 Å². The molecule has 2 N–H and O–H groups in total. The van der Waals surface area contributed by atoms with Crippen LogP contribution >= 0.6 is 23.0 Å². The second-order valence-electron chi connectivity index (χ2n) is 10.7. The average Bonchev–Trinajstić information content (AvgIpc) is 3.13. The molecule has 1 atom stereocenters. The molecule has 1 aliphatic rings. The molecule has 0 amide bonds. The first-order valence-electron chi connectivity index (χ1n) is 15.7. The fourth-order valence-corrected chi connectivity index (χ4v) is 13.8. The molecule has 50 heavy (non-hydrogen) atoms. The van der Waals surface area contributed by atoms with E-state index in [-0.39, 0.29) is 6.54 Å². The number of rotatable bonds is 13. The smallest absolute Gasteiger partial charge is 0.413 e. The summed E-state index contributed by atoms with van der Waals surface area (Å²) in [6.07, 6.45) is 0. The number of nitrogens with two attached hydrogens (primary N) is 1. The van der Waals surface area contributed by atoms with Crippen molar-refractivity contribution in [1.29, 1.82) is 0 Å². The Hall–Kier alpha value is -5.23. The van der Waals surface area contributed by atoms with Crippen molar-refractivity contribution in [3.63, 3.8) is 0 Å². The minimum atomic E-state index is -3.97. The van der Waals surface area contributed by atoms with Crippen molar-refractivity contribution in [1.82, 2.24) is 0 Å². The second kappa shape index (κ2) is 15.1. The maximum absolute atomic E-state index is 6.88. The summed E-state index contributed by atoms with van der Waals surface area (Å²) in [6, 6.07) is 53.3. The van der Waals surface area contributed by atoms with Gasteiger partial charge >= 0.3 is 23.0 Å². The van der Waals surface area contributed by atoms with Gasteiger partial charge in [0, 0.05) is 12.1 Å². The number of para-hydroxylation sites is 6. The molecule has 0 bridgehead atoms. The zero-order chi connectivity index (χ0) is 34.1. The predicted octanol–water partition coefficient (Wildman–Crippen LogP) is 11.8. The van der Waals surface area contributed by atoms with Gasteiger partial charge in [0.2, 0.25) is 0 Å². The molecular weight excluding hydrogens is 689 g/mol. The zero-order valence-electron chi connectivity index (χ0n) is 26.7. The molecule has 1 heterocycles. The summed E-state index contributed by atoms with van der Waals surface area (Å²) in [4.78, 5) is 0. The van der Waals surface area contributed by atoms with Gasteiger partial charge in [-0.15, -0.1) is 0 Å². The molecule has 13 heteroatoms. The Bertz CT molecular complexity index is 2020. The fourth-order valence-electron chi connectivity index (χ4n) is 4.74. The lowest BCUT2D eigenvalue weighted by Gasteiger charge is -2.33. The van der Waals surface area contributed by atoms with E-state index in [4.69, 9.17) is 46.4 Å². The molecular formula is C37H33N4O6P3. The summed E-state index contributed by atoms with van der Waals surface area (Å²) >= 11 is 0. The molecule has 1 aliphatic heterocycles. The first kappa shape index (κ1) is 33.3. The van der Waals surface area contributed by atoms with Crippen LogP contribution in [0, 0.1) is 0 Å². The molecule has 0 saturated heterocycles. The van der Waals surface area contributed by atoms with Crippen LogP contribution in [0.1, 0.15) is 5.56 Å². The van der Waals surface area contributed by atoms with Crippen LogP contribution in [0.5, 0.6) is 34.5 Å². The van der Waals surface area contributed by atoms with Crippen molar-refractivity contribution >= 4 is 23.0 Å². The van der Waals surface area contributed by atoms with Crippen molar-refractivity contribution in [2.75, 3.05) is 0 Å². The van der Waals surface area contributed by atoms with E-state index in [9.17, 15) is 0 Å². The highest BCUT2D eigenvalue weighted by Gasteiger charge is 2.49. The Kier molecular flexibility index (Phi) is 10.1. The van der Waals surface area contributed by atoms with Crippen LogP contribution in [-0.4, -0.2) is 0 Å². The Balaban J connectivity index is 1.57. The van der Waals surface area contributed by atoms with E-state index in [1.807, 2.05) is 109 Å². The first-order chi connectivity index (χ1) is 24.5. The molecule has 10 nitrogen and oxygen atoms in total. The number of hydrogen-bond donors (Lipinski definition) is 1. The van der Waals surface area contributed by atoms with Gasteiger partial charge in [0.15, 0.2) is 0 Å². The third kappa shape index (κ3) is 8.14. The molecule has 0 saturated carbocycles. The molecule has 0 aromatic heterocycles. The molecule has 252 valence electrons. The van der Waals surface area contributed by atoms with Gasteiger partial charge < -0.3 is 32.9 Å². The maximum atomic E-state index is 6.88. The molecule has 0 aliphatic carbocycles. The Labute approximate surface area is 291 Å². The van der Waals surface area contributed by atoms with Crippen LogP contribution in [0.3, 0.4) is 0 Å². The molecule has 1 unspecified atom stereocenters. The van der Waals surface area contributed by atoms with Gasteiger partial charge in [-0.2, -0.15) is 0 Å².